The van der Waals surface area contributed by atoms with Gasteiger partial charge in [0.25, 0.3) is 5.91 Å². The van der Waals surface area contributed by atoms with Crippen molar-refractivity contribution in [1.82, 2.24) is 10.6 Å². The molecule has 0 aromatic heterocycles. The van der Waals surface area contributed by atoms with E-state index in [2.05, 4.69) is 26.6 Å². The Balaban J connectivity index is 1.91. The maximum atomic E-state index is 12.0. The summed E-state index contributed by atoms with van der Waals surface area (Å²) in [7, 11) is -2.13. The molecule has 0 bridgehead atoms. The zero-order valence-electron chi connectivity index (χ0n) is 18.7. The van der Waals surface area contributed by atoms with E-state index in [4.69, 9.17) is 14.6 Å². The fourth-order valence-corrected chi connectivity index (χ4v) is 3.86. The molecule has 1 amide bonds. The number of methoxy groups -OCH3 is 1. The summed E-state index contributed by atoms with van der Waals surface area (Å²) in [5.74, 6) is 0.799. The van der Waals surface area contributed by atoms with E-state index >= 15 is 0 Å². The van der Waals surface area contributed by atoms with Gasteiger partial charge in [-0.3, -0.25) is 4.79 Å². The number of hydrogen-bond donors (Lipinski definition) is 3. The molecule has 8 nitrogen and oxygen atoms in total. The molecule has 0 radical (unpaired) electrons. The van der Waals surface area contributed by atoms with Crippen LogP contribution in [0.2, 0.25) is 0 Å². The van der Waals surface area contributed by atoms with E-state index in [0.29, 0.717) is 24.6 Å². The molecule has 0 aliphatic carbocycles. The van der Waals surface area contributed by atoms with Crippen LogP contribution in [0.25, 0.3) is 0 Å². The molecule has 176 valence electrons. The first-order valence-electron chi connectivity index (χ1n) is 10.0. The largest absolute Gasteiger partial charge is 0.493 e. The second-order valence-electron chi connectivity index (χ2n) is 8.30. The van der Waals surface area contributed by atoms with Crippen molar-refractivity contribution in [3.05, 3.63) is 52.0 Å². The van der Waals surface area contributed by atoms with Gasteiger partial charge in [-0.2, -0.15) is 0 Å². The first-order chi connectivity index (χ1) is 14.9. The lowest BCUT2D eigenvalue weighted by molar-refractivity contribution is -0.124. The molecule has 10 heteroatoms. The summed E-state index contributed by atoms with van der Waals surface area (Å²) < 4.78 is 34.5. The van der Waals surface area contributed by atoms with Crippen LogP contribution in [0.1, 0.15) is 31.9 Å². The SMILES string of the molecule is COc1cc(CNCCc2ccc(S(N)(=O)=O)cc2)c(Br)cc1OCC(=O)NC(C)(C)C. The van der Waals surface area contributed by atoms with Crippen molar-refractivity contribution >= 4 is 31.9 Å². The average molecular weight is 528 g/mol. The van der Waals surface area contributed by atoms with Crippen LogP contribution < -0.4 is 25.2 Å². The third-order valence-corrected chi connectivity index (χ3v) is 6.03. The van der Waals surface area contributed by atoms with Crippen LogP contribution >= 0.6 is 15.9 Å². The number of amides is 1. The molecule has 0 saturated heterocycles. The number of ether oxygens (including phenoxy) is 2. The predicted octanol–water partition coefficient (Wildman–Crippen LogP) is 2.73. The minimum atomic E-state index is -3.68. The van der Waals surface area contributed by atoms with Crippen molar-refractivity contribution in [1.29, 1.82) is 0 Å². The summed E-state index contributed by atoms with van der Waals surface area (Å²) in [6, 6.07) is 10.2. The van der Waals surface area contributed by atoms with Crippen molar-refractivity contribution in [2.45, 2.75) is 44.2 Å². The number of halogens is 1. The van der Waals surface area contributed by atoms with Gasteiger partial charge in [0.1, 0.15) is 0 Å². The third kappa shape index (κ3) is 8.42. The summed E-state index contributed by atoms with van der Waals surface area (Å²) in [5, 5.41) is 11.3. The van der Waals surface area contributed by atoms with Gasteiger partial charge >= 0.3 is 0 Å². The maximum absolute atomic E-state index is 12.0. The molecule has 2 rings (SSSR count). The normalized spacial score (nSPS) is 11.8. The number of primary sulfonamides is 1. The van der Waals surface area contributed by atoms with Gasteiger partial charge in [-0.15, -0.1) is 0 Å². The molecule has 0 atom stereocenters. The quantitative estimate of drug-likeness (QED) is 0.408. The summed E-state index contributed by atoms with van der Waals surface area (Å²) >= 11 is 3.55. The monoisotopic (exact) mass is 527 g/mol. The van der Waals surface area contributed by atoms with E-state index in [9.17, 15) is 13.2 Å². The van der Waals surface area contributed by atoms with Gasteiger partial charge in [0, 0.05) is 16.6 Å². The van der Waals surface area contributed by atoms with Crippen LogP contribution in [0.3, 0.4) is 0 Å². The third-order valence-electron chi connectivity index (χ3n) is 4.36. The molecule has 0 saturated carbocycles. The molecule has 0 spiro atoms. The number of benzene rings is 2. The molecule has 32 heavy (non-hydrogen) atoms. The van der Waals surface area contributed by atoms with E-state index < -0.39 is 10.0 Å². The highest BCUT2D eigenvalue weighted by Gasteiger charge is 2.16. The maximum Gasteiger partial charge on any atom is 0.258 e. The van der Waals surface area contributed by atoms with Crippen LogP contribution in [0.4, 0.5) is 0 Å². The lowest BCUT2D eigenvalue weighted by atomic mass is 10.1. The van der Waals surface area contributed by atoms with E-state index in [1.165, 1.54) is 12.1 Å². The second kappa shape index (κ2) is 11.1. The van der Waals surface area contributed by atoms with Crippen molar-refractivity contribution in [2.24, 2.45) is 5.14 Å². The number of nitrogens with two attached hydrogens (primary N) is 1. The van der Waals surface area contributed by atoms with Gasteiger partial charge in [0.2, 0.25) is 10.0 Å². The van der Waals surface area contributed by atoms with Crippen LogP contribution in [0.15, 0.2) is 45.8 Å². The van der Waals surface area contributed by atoms with Gasteiger partial charge < -0.3 is 20.1 Å². The summed E-state index contributed by atoms with van der Waals surface area (Å²) in [6.07, 6.45) is 0.726. The Morgan fingerprint density at radius 3 is 2.34 bits per heavy atom. The van der Waals surface area contributed by atoms with Gasteiger partial charge in [-0.25, -0.2) is 13.6 Å². The number of rotatable bonds is 10. The van der Waals surface area contributed by atoms with Gasteiger partial charge in [-0.1, -0.05) is 28.1 Å². The summed E-state index contributed by atoms with van der Waals surface area (Å²) in [5.41, 5.74) is 1.64. The Morgan fingerprint density at radius 2 is 1.78 bits per heavy atom. The van der Waals surface area contributed by atoms with Crippen molar-refractivity contribution in [3.63, 3.8) is 0 Å². The van der Waals surface area contributed by atoms with Gasteiger partial charge in [0.05, 0.1) is 12.0 Å². The average Bonchev–Trinajstić information content (AvgIpc) is 2.69. The Bertz CT molecular complexity index is 1030. The number of carbonyl (C=O) groups excluding carboxylic acids is 1. The van der Waals surface area contributed by atoms with E-state index in [1.807, 2.05) is 26.8 Å². The van der Waals surface area contributed by atoms with Crippen molar-refractivity contribution in [2.75, 3.05) is 20.3 Å². The lowest BCUT2D eigenvalue weighted by Gasteiger charge is -2.21. The smallest absolute Gasteiger partial charge is 0.258 e. The Kier molecular flexibility index (Phi) is 9.08. The first-order valence-corrected chi connectivity index (χ1v) is 12.4. The second-order valence-corrected chi connectivity index (χ2v) is 10.7. The molecule has 0 heterocycles. The Labute approximate surface area is 198 Å². The lowest BCUT2D eigenvalue weighted by Crippen LogP contribution is -2.43. The molecule has 2 aromatic carbocycles. The highest BCUT2D eigenvalue weighted by atomic mass is 79.9. The van der Waals surface area contributed by atoms with E-state index in [1.54, 1.807) is 25.3 Å². The highest BCUT2D eigenvalue weighted by Crippen LogP contribution is 2.33. The molecular formula is C22H30BrN3O5S. The minimum Gasteiger partial charge on any atom is -0.493 e. The fraction of sp³-hybridized carbons (Fsp3) is 0.409. The van der Waals surface area contributed by atoms with Crippen LogP contribution in [-0.4, -0.2) is 40.1 Å². The molecule has 2 aromatic rings. The van der Waals surface area contributed by atoms with Crippen molar-refractivity contribution in [3.8, 4) is 11.5 Å². The minimum absolute atomic E-state index is 0.100. The zero-order valence-corrected chi connectivity index (χ0v) is 21.1. The van der Waals surface area contributed by atoms with E-state index in [-0.39, 0.29) is 22.9 Å². The topological polar surface area (TPSA) is 120 Å². The summed E-state index contributed by atoms with van der Waals surface area (Å²) in [6.45, 7) is 6.88. The number of carbonyl (C=O) groups is 1. The molecule has 0 aliphatic rings. The molecule has 4 N–H and O–H groups in total. The van der Waals surface area contributed by atoms with Gasteiger partial charge in [0.15, 0.2) is 18.1 Å². The number of hydrogen-bond acceptors (Lipinski definition) is 6. The standard InChI is InChI=1S/C22H30BrN3O5S/c1-22(2,3)26-21(27)14-31-20-12-18(23)16(11-19(20)30-4)13-25-10-9-15-5-7-17(8-6-15)32(24,28)29/h5-8,11-12,25H,9-10,13-14H2,1-4H3,(H,26,27)(H2,24,28,29). The fourth-order valence-electron chi connectivity index (χ4n) is 2.88. The van der Waals surface area contributed by atoms with Crippen LogP contribution in [-0.2, 0) is 27.8 Å². The first kappa shape index (κ1) is 26.1. The van der Waals surface area contributed by atoms with Crippen LogP contribution in [0.5, 0.6) is 11.5 Å². The molecular weight excluding hydrogens is 498 g/mol. The Hall–Kier alpha value is -2.14. The number of nitrogens with one attached hydrogen (secondary N) is 2. The van der Waals surface area contributed by atoms with E-state index in [0.717, 1.165) is 22.0 Å². The van der Waals surface area contributed by atoms with Gasteiger partial charge in [-0.05, 0) is 69.1 Å². The molecule has 0 fully saturated rings. The number of sulfonamides is 1. The van der Waals surface area contributed by atoms with Crippen molar-refractivity contribution < 1.29 is 22.7 Å². The Morgan fingerprint density at radius 1 is 1.12 bits per heavy atom. The zero-order chi connectivity index (χ0) is 23.9. The summed E-state index contributed by atoms with van der Waals surface area (Å²) in [4.78, 5) is 12.1. The highest BCUT2D eigenvalue weighted by molar-refractivity contribution is 9.10. The molecule has 0 aliphatic heterocycles. The van der Waals surface area contributed by atoms with Crippen LogP contribution in [0, 0.1) is 0 Å². The molecule has 0 unspecified atom stereocenters. The predicted molar refractivity (Wildman–Crippen MR) is 127 cm³/mol.